The summed E-state index contributed by atoms with van der Waals surface area (Å²) in [7, 11) is 3.92. The van der Waals surface area contributed by atoms with Crippen molar-refractivity contribution in [1.82, 2.24) is 15.1 Å². The molecule has 2 rings (SSSR count). The maximum atomic E-state index is 4.51. The fourth-order valence-corrected chi connectivity index (χ4v) is 2.10. The van der Waals surface area contributed by atoms with E-state index in [0.717, 1.165) is 23.1 Å². The van der Waals surface area contributed by atoms with Crippen LogP contribution in [0.5, 0.6) is 0 Å². The number of hydrogen-bond donors (Lipinski definition) is 1. The van der Waals surface area contributed by atoms with E-state index in [1.165, 1.54) is 11.1 Å². The first-order valence-corrected chi connectivity index (χ1v) is 6.43. The van der Waals surface area contributed by atoms with Crippen LogP contribution in [0.4, 0.5) is 0 Å². The molecule has 1 N–H and O–H groups in total. The van der Waals surface area contributed by atoms with Crippen LogP contribution in [0.15, 0.2) is 34.9 Å². The number of hydrogen-bond acceptors (Lipinski definition) is 2. The molecule has 0 radical (unpaired) electrons. The quantitative estimate of drug-likeness (QED) is 0.939. The Morgan fingerprint density at radius 2 is 2.00 bits per heavy atom. The minimum atomic E-state index is 0.945. The summed E-state index contributed by atoms with van der Waals surface area (Å²) in [6.07, 6.45) is 3.02. The van der Waals surface area contributed by atoms with Crippen molar-refractivity contribution in [3.63, 3.8) is 0 Å². The van der Waals surface area contributed by atoms with Gasteiger partial charge in [0.25, 0.3) is 0 Å². The normalized spacial score (nSPS) is 10.8. The molecule has 0 fully saturated rings. The van der Waals surface area contributed by atoms with Crippen LogP contribution in [-0.4, -0.2) is 23.4 Å². The molecule has 0 aliphatic carbocycles. The Balaban J connectivity index is 2.33. The predicted molar refractivity (Wildman–Crippen MR) is 74.0 cm³/mol. The molecule has 90 valence electrons. The third-order valence-electron chi connectivity index (χ3n) is 2.67. The highest BCUT2D eigenvalue weighted by atomic mass is 79.9. The first kappa shape index (κ1) is 12.3. The van der Waals surface area contributed by atoms with Crippen LogP contribution >= 0.6 is 15.9 Å². The number of likely N-dealkylation sites (N-methyl/N-ethyl adjacent to an activating group) is 1. The van der Waals surface area contributed by atoms with Crippen LogP contribution < -0.4 is 5.32 Å². The summed E-state index contributed by atoms with van der Waals surface area (Å²) in [4.78, 5) is 0. The fraction of sp³-hybridized carbons (Fsp3) is 0.308. The van der Waals surface area contributed by atoms with E-state index in [1.54, 1.807) is 0 Å². The lowest BCUT2D eigenvalue weighted by molar-refractivity contribution is 0.717. The maximum Gasteiger partial charge on any atom is 0.0715 e. The molecule has 0 amide bonds. The van der Waals surface area contributed by atoms with E-state index < -0.39 is 0 Å². The molecule has 0 aliphatic rings. The van der Waals surface area contributed by atoms with E-state index in [1.807, 2.05) is 18.8 Å². The zero-order chi connectivity index (χ0) is 12.3. The summed E-state index contributed by atoms with van der Waals surface area (Å²) in [5, 5.41) is 7.67. The van der Waals surface area contributed by atoms with Gasteiger partial charge < -0.3 is 5.32 Å². The highest BCUT2D eigenvalue weighted by Gasteiger charge is 2.09. The lowest BCUT2D eigenvalue weighted by atomic mass is 10.1. The third kappa shape index (κ3) is 2.96. The Kier molecular flexibility index (Phi) is 3.97. The molecular weight excluding hydrogens is 278 g/mol. The average molecular weight is 294 g/mol. The molecule has 1 aromatic heterocycles. The second kappa shape index (κ2) is 5.47. The second-order valence-corrected chi connectivity index (χ2v) is 4.94. The third-order valence-corrected chi connectivity index (χ3v) is 3.20. The van der Waals surface area contributed by atoms with Crippen molar-refractivity contribution in [2.24, 2.45) is 7.05 Å². The summed E-state index contributed by atoms with van der Waals surface area (Å²) < 4.78 is 2.98. The lowest BCUT2D eigenvalue weighted by Crippen LogP contribution is -2.11. The van der Waals surface area contributed by atoms with Gasteiger partial charge in [-0.3, -0.25) is 4.68 Å². The van der Waals surface area contributed by atoms with Gasteiger partial charge in [-0.15, -0.1) is 0 Å². The van der Waals surface area contributed by atoms with Crippen LogP contribution in [-0.2, 0) is 13.5 Å². The second-order valence-electron chi connectivity index (χ2n) is 4.02. The first-order valence-electron chi connectivity index (χ1n) is 5.64. The SMILES string of the molecule is CNCCc1nn(C)cc1-c1ccc(Br)cc1. The van der Waals surface area contributed by atoms with Gasteiger partial charge >= 0.3 is 0 Å². The summed E-state index contributed by atoms with van der Waals surface area (Å²) in [5.74, 6) is 0. The Bertz CT molecular complexity index is 488. The van der Waals surface area contributed by atoms with Crippen molar-refractivity contribution in [3.05, 3.63) is 40.6 Å². The lowest BCUT2D eigenvalue weighted by Gasteiger charge is -2.02. The topological polar surface area (TPSA) is 29.9 Å². The van der Waals surface area contributed by atoms with Gasteiger partial charge in [-0.25, -0.2) is 0 Å². The van der Waals surface area contributed by atoms with Gasteiger partial charge in [-0.2, -0.15) is 5.10 Å². The Labute approximate surface area is 110 Å². The zero-order valence-corrected chi connectivity index (χ0v) is 11.7. The highest BCUT2D eigenvalue weighted by Crippen LogP contribution is 2.24. The van der Waals surface area contributed by atoms with Gasteiger partial charge in [0.2, 0.25) is 0 Å². The first-order chi connectivity index (χ1) is 8.20. The fourth-order valence-electron chi connectivity index (χ4n) is 1.83. The number of rotatable bonds is 4. The van der Waals surface area contributed by atoms with Crippen LogP contribution in [0, 0.1) is 0 Å². The summed E-state index contributed by atoms with van der Waals surface area (Å²) in [5.41, 5.74) is 3.58. The van der Waals surface area contributed by atoms with Crippen molar-refractivity contribution in [2.45, 2.75) is 6.42 Å². The molecule has 0 aliphatic heterocycles. The van der Waals surface area contributed by atoms with Crippen molar-refractivity contribution in [3.8, 4) is 11.1 Å². The number of halogens is 1. The van der Waals surface area contributed by atoms with Crippen LogP contribution in [0.3, 0.4) is 0 Å². The molecule has 2 aromatic rings. The van der Waals surface area contributed by atoms with Gasteiger partial charge in [0.1, 0.15) is 0 Å². The predicted octanol–water partition coefficient (Wildman–Crippen LogP) is 2.61. The van der Waals surface area contributed by atoms with E-state index in [4.69, 9.17) is 0 Å². The molecule has 0 atom stereocenters. The Morgan fingerprint density at radius 3 is 2.65 bits per heavy atom. The van der Waals surface area contributed by atoms with Crippen molar-refractivity contribution in [2.75, 3.05) is 13.6 Å². The summed E-state index contributed by atoms with van der Waals surface area (Å²) in [6, 6.07) is 8.35. The van der Waals surface area contributed by atoms with Gasteiger partial charge in [0.15, 0.2) is 0 Å². The molecular formula is C13H16BrN3. The number of nitrogens with zero attached hydrogens (tertiary/aromatic N) is 2. The standard InChI is InChI=1S/C13H16BrN3/c1-15-8-7-13-12(9-17(2)16-13)10-3-5-11(14)6-4-10/h3-6,9,15H,7-8H2,1-2H3. The van der Waals surface area contributed by atoms with Gasteiger partial charge in [-0.1, -0.05) is 28.1 Å². The van der Waals surface area contributed by atoms with Crippen LogP contribution in [0.25, 0.3) is 11.1 Å². The van der Waals surface area contributed by atoms with Crippen molar-refractivity contribution >= 4 is 15.9 Å². The summed E-state index contributed by atoms with van der Waals surface area (Å²) in [6.45, 7) is 0.945. The molecule has 1 aromatic carbocycles. The van der Waals surface area contributed by atoms with Crippen LogP contribution in [0.1, 0.15) is 5.69 Å². The number of aryl methyl sites for hydroxylation is 1. The molecule has 3 nitrogen and oxygen atoms in total. The van der Waals surface area contributed by atoms with E-state index in [9.17, 15) is 0 Å². The summed E-state index contributed by atoms with van der Waals surface area (Å²) >= 11 is 3.45. The van der Waals surface area contributed by atoms with Gasteiger partial charge in [-0.05, 0) is 24.7 Å². The van der Waals surface area contributed by atoms with E-state index in [2.05, 4.69) is 56.8 Å². The number of aromatic nitrogens is 2. The number of nitrogens with one attached hydrogen (secondary N) is 1. The zero-order valence-electron chi connectivity index (χ0n) is 10.1. The largest absolute Gasteiger partial charge is 0.319 e. The minimum Gasteiger partial charge on any atom is -0.319 e. The van der Waals surface area contributed by atoms with Crippen molar-refractivity contribution < 1.29 is 0 Å². The van der Waals surface area contributed by atoms with E-state index >= 15 is 0 Å². The minimum absolute atomic E-state index is 0.945. The van der Waals surface area contributed by atoms with E-state index in [-0.39, 0.29) is 0 Å². The van der Waals surface area contributed by atoms with E-state index in [0.29, 0.717) is 0 Å². The molecule has 0 saturated heterocycles. The maximum absolute atomic E-state index is 4.51. The van der Waals surface area contributed by atoms with Gasteiger partial charge in [0, 0.05) is 36.2 Å². The smallest absolute Gasteiger partial charge is 0.0715 e. The molecule has 4 heteroatoms. The molecule has 1 heterocycles. The molecule has 17 heavy (non-hydrogen) atoms. The van der Waals surface area contributed by atoms with Gasteiger partial charge in [0.05, 0.1) is 5.69 Å². The average Bonchev–Trinajstić information content (AvgIpc) is 2.69. The Morgan fingerprint density at radius 1 is 1.29 bits per heavy atom. The highest BCUT2D eigenvalue weighted by molar-refractivity contribution is 9.10. The molecule has 0 bridgehead atoms. The molecule has 0 unspecified atom stereocenters. The van der Waals surface area contributed by atoms with Crippen molar-refractivity contribution in [1.29, 1.82) is 0 Å². The van der Waals surface area contributed by atoms with Crippen LogP contribution in [0.2, 0.25) is 0 Å². The monoisotopic (exact) mass is 293 g/mol. The Hall–Kier alpha value is -1.13. The molecule has 0 saturated carbocycles. The molecule has 0 spiro atoms. The number of benzene rings is 1.